The first-order chi connectivity index (χ1) is 11.1. The molecule has 1 fully saturated rings. The number of ether oxygens (including phenoxy) is 1. The summed E-state index contributed by atoms with van der Waals surface area (Å²) in [7, 11) is 1.63. The number of para-hydroxylation sites is 1. The smallest absolute Gasteiger partial charge is 0.303 e. The van der Waals surface area contributed by atoms with Gasteiger partial charge in [-0.2, -0.15) is 0 Å². The van der Waals surface area contributed by atoms with Gasteiger partial charge in [0, 0.05) is 25.4 Å². The minimum Gasteiger partial charge on any atom is -0.496 e. The predicted octanol–water partition coefficient (Wildman–Crippen LogP) is 2.87. The maximum absolute atomic E-state index is 12.6. The van der Waals surface area contributed by atoms with Crippen molar-refractivity contribution < 1.29 is 19.4 Å². The van der Waals surface area contributed by atoms with Gasteiger partial charge in [0.25, 0.3) is 0 Å². The van der Waals surface area contributed by atoms with Crippen LogP contribution in [0.25, 0.3) is 0 Å². The Labute approximate surface area is 137 Å². The van der Waals surface area contributed by atoms with Crippen molar-refractivity contribution >= 4 is 11.9 Å². The van der Waals surface area contributed by atoms with Crippen molar-refractivity contribution in [3.63, 3.8) is 0 Å². The second-order valence-corrected chi connectivity index (χ2v) is 5.98. The molecule has 1 aliphatic rings. The number of carbonyl (C=O) groups excluding carboxylic acids is 1. The lowest BCUT2D eigenvalue weighted by Gasteiger charge is -2.36. The molecule has 0 aliphatic carbocycles. The number of piperidine rings is 1. The van der Waals surface area contributed by atoms with Gasteiger partial charge >= 0.3 is 5.97 Å². The molecular weight excluding hydrogens is 294 g/mol. The van der Waals surface area contributed by atoms with Gasteiger partial charge in [0.2, 0.25) is 5.91 Å². The van der Waals surface area contributed by atoms with Crippen LogP contribution in [0, 0.1) is 0 Å². The summed E-state index contributed by atoms with van der Waals surface area (Å²) in [5.74, 6) is 0.129. The third-order valence-electron chi connectivity index (χ3n) is 4.44. The molecule has 126 valence electrons. The summed E-state index contributed by atoms with van der Waals surface area (Å²) in [5.41, 5.74) is 1.03. The highest BCUT2D eigenvalue weighted by Gasteiger charge is 2.26. The molecule has 1 aromatic carbocycles. The molecule has 1 saturated heterocycles. The summed E-state index contributed by atoms with van der Waals surface area (Å²) in [4.78, 5) is 25.2. The first kappa shape index (κ1) is 17.3. The van der Waals surface area contributed by atoms with Crippen LogP contribution in [0.2, 0.25) is 0 Å². The van der Waals surface area contributed by atoms with Crippen molar-refractivity contribution in [2.75, 3.05) is 13.7 Å². The highest BCUT2D eigenvalue weighted by atomic mass is 16.5. The maximum Gasteiger partial charge on any atom is 0.303 e. The monoisotopic (exact) mass is 319 g/mol. The largest absolute Gasteiger partial charge is 0.496 e. The summed E-state index contributed by atoms with van der Waals surface area (Å²) in [6.07, 6.45) is 4.74. The zero-order valence-corrected chi connectivity index (χ0v) is 13.7. The van der Waals surface area contributed by atoms with Crippen LogP contribution in [0.1, 0.15) is 44.1 Å². The van der Waals surface area contributed by atoms with E-state index in [4.69, 9.17) is 9.84 Å². The first-order valence-corrected chi connectivity index (χ1v) is 8.25. The standard InChI is InChI=1S/C18H25NO4/c1-23-16-8-3-2-6-14(16)9-11-17(20)19-13-5-4-7-15(19)10-12-18(21)22/h2-3,6,8,15H,4-5,7,9-13H2,1H3,(H,21,22)/t15-/m0/s1. The fourth-order valence-corrected chi connectivity index (χ4v) is 3.21. The first-order valence-electron chi connectivity index (χ1n) is 8.25. The maximum atomic E-state index is 12.6. The number of hydrogen-bond acceptors (Lipinski definition) is 3. The quantitative estimate of drug-likeness (QED) is 0.839. The van der Waals surface area contributed by atoms with Crippen LogP contribution < -0.4 is 4.74 Å². The summed E-state index contributed by atoms with van der Waals surface area (Å²) in [6.45, 7) is 0.745. The molecule has 5 heteroatoms. The van der Waals surface area contributed by atoms with E-state index in [1.54, 1.807) is 7.11 Å². The summed E-state index contributed by atoms with van der Waals surface area (Å²) in [6, 6.07) is 7.81. The van der Waals surface area contributed by atoms with E-state index in [0.717, 1.165) is 37.1 Å². The number of aliphatic carboxylic acids is 1. The SMILES string of the molecule is COc1ccccc1CCC(=O)N1CCCC[C@H]1CCC(=O)O. The van der Waals surface area contributed by atoms with Crippen molar-refractivity contribution in [1.29, 1.82) is 0 Å². The number of hydrogen-bond donors (Lipinski definition) is 1. The Kier molecular flexibility index (Phi) is 6.44. The number of carboxylic acids is 1. The Morgan fingerprint density at radius 3 is 2.78 bits per heavy atom. The number of nitrogens with zero attached hydrogens (tertiary/aromatic N) is 1. The highest BCUT2D eigenvalue weighted by molar-refractivity contribution is 5.77. The molecule has 0 aromatic heterocycles. The molecular formula is C18H25NO4. The van der Waals surface area contributed by atoms with Crippen molar-refractivity contribution in [2.24, 2.45) is 0 Å². The van der Waals surface area contributed by atoms with Gasteiger partial charge in [0.1, 0.15) is 5.75 Å². The van der Waals surface area contributed by atoms with Crippen LogP contribution in [-0.2, 0) is 16.0 Å². The number of methoxy groups -OCH3 is 1. The van der Waals surface area contributed by atoms with Crippen LogP contribution in [0.4, 0.5) is 0 Å². The van der Waals surface area contributed by atoms with Crippen molar-refractivity contribution in [3.8, 4) is 5.75 Å². The predicted molar refractivity (Wildman–Crippen MR) is 87.5 cm³/mol. The van der Waals surface area contributed by atoms with Gasteiger partial charge in [-0.25, -0.2) is 0 Å². The second kappa shape index (κ2) is 8.56. The number of benzene rings is 1. The number of aryl methyl sites for hydroxylation is 1. The lowest BCUT2D eigenvalue weighted by Crippen LogP contribution is -2.44. The molecule has 0 radical (unpaired) electrons. The van der Waals surface area contributed by atoms with Crippen LogP contribution >= 0.6 is 0 Å². The van der Waals surface area contributed by atoms with Gasteiger partial charge in [-0.3, -0.25) is 9.59 Å². The molecule has 1 N–H and O–H groups in total. The van der Waals surface area contributed by atoms with Crippen molar-refractivity contribution in [3.05, 3.63) is 29.8 Å². The molecule has 5 nitrogen and oxygen atoms in total. The Balaban J connectivity index is 1.93. The van der Waals surface area contributed by atoms with Gasteiger partial charge in [-0.15, -0.1) is 0 Å². The van der Waals surface area contributed by atoms with E-state index in [1.165, 1.54) is 0 Å². The molecule has 0 spiro atoms. The molecule has 0 bridgehead atoms. The van der Waals surface area contributed by atoms with Crippen LogP contribution in [0.15, 0.2) is 24.3 Å². The fraction of sp³-hybridized carbons (Fsp3) is 0.556. The van der Waals surface area contributed by atoms with Crippen molar-refractivity contribution in [2.45, 2.75) is 51.0 Å². The fourth-order valence-electron chi connectivity index (χ4n) is 3.21. The van der Waals surface area contributed by atoms with Gasteiger partial charge in [-0.1, -0.05) is 18.2 Å². The Morgan fingerprint density at radius 1 is 1.26 bits per heavy atom. The minimum atomic E-state index is -0.794. The Morgan fingerprint density at radius 2 is 2.04 bits per heavy atom. The van der Waals surface area contributed by atoms with Gasteiger partial charge in [0.05, 0.1) is 7.11 Å². The minimum absolute atomic E-state index is 0.0741. The Bertz CT molecular complexity index is 544. The van der Waals surface area contributed by atoms with E-state index in [2.05, 4.69) is 0 Å². The highest BCUT2D eigenvalue weighted by Crippen LogP contribution is 2.24. The molecule has 0 saturated carbocycles. The third kappa shape index (κ3) is 4.98. The number of amides is 1. The van der Waals surface area contributed by atoms with Crippen molar-refractivity contribution in [1.82, 2.24) is 4.90 Å². The lowest BCUT2D eigenvalue weighted by atomic mass is 9.97. The number of rotatable bonds is 7. The molecule has 2 rings (SSSR count). The summed E-state index contributed by atoms with van der Waals surface area (Å²) >= 11 is 0. The molecule has 1 heterocycles. The average Bonchev–Trinajstić information content (AvgIpc) is 2.58. The van der Waals surface area contributed by atoms with Crippen LogP contribution in [0.5, 0.6) is 5.75 Å². The van der Waals surface area contributed by atoms with Gasteiger partial charge < -0.3 is 14.7 Å². The van der Waals surface area contributed by atoms with E-state index >= 15 is 0 Å². The summed E-state index contributed by atoms with van der Waals surface area (Å²) < 4.78 is 5.32. The van der Waals surface area contributed by atoms with E-state index in [9.17, 15) is 9.59 Å². The normalized spacial score (nSPS) is 17.8. The molecule has 1 aromatic rings. The zero-order valence-electron chi connectivity index (χ0n) is 13.7. The van der Waals surface area contributed by atoms with E-state index in [0.29, 0.717) is 19.3 Å². The molecule has 23 heavy (non-hydrogen) atoms. The third-order valence-corrected chi connectivity index (χ3v) is 4.44. The Hall–Kier alpha value is -2.04. The number of likely N-dealkylation sites (tertiary alicyclic amines) is 1. The molecule has 1 amide bonds. The van der Waals surface area contributed by atoms with Crippen LogP contribution in [0.3, 0.4) is 0 Å². The van der Waals surface area contributed by atoms with Gasteiger partial charge in [-0.05, 0) is 43.7 Å². The number of carbonyl (C=O) groups is 2. The van der Waals surface area contributed by atoms with E-state index in [-0.39, 0.29) is 18.4 Å². The molecule has 0 unspecified atom stereocenters. The molecule has 1 aliphatic heterocycles. The molecule has 1 atom stereocenters. The summed E-state index contributed by atoms with van der Waals surface area (Å²) in [5, 5.41) is 8.86. The lowest BCUT2D eigenvalue weighted by molar-refractivity contribution is -0.140. The zero-order chi connectivity index (χ0) is 16.7. The van der Waals surface area contributed by atoms with E-state index < -0.39 is 5.97 Å². The van der Waals surface area contributed by atoms with Crippen LogP contribution in [-0.4, -0.2) is 41.6 Å². The number of carboxylic acid groups (broad SMARTS) is 1. The van der Waals surface area contributed by atoms with Gasteiger partial charge in [0.15, 0.2) is 0 Å². The average molecular weight is 319 g/mol. The topological polar surface area (TPSA) is 66.8 Å². The van der Waals surface area contributed by atoms with E-state index in [1.807, 2.05) is 29.2 Å². The second-order valence-electron chi connectivity index (χ2n) is 5.98.